The lowest BCUT2D eigenvalue weighted by Crippen LogP contribution is -2.26. The maximum absolute atomic E-state index is 11.6. The van der Waals surface area contributed by atoms with Crippen LogP contribution in [0.5, 0.6) is 0 Å². The smallest absolute Gasteiger partial charge is 0.303 e. The summed E-state index contributed by atoms with van der Waals surface area (Å²) in [4.78, 5) is 23.7. The van der Waals surface area contributed by atoms with Gasteiger partial charge in [0, 0.05) is 31.8 Å². The van der Waals surface area contributed by atoms with Gasteiger partial charge in [0.2, 0.25) is 5.91 Å². The topological polar surface area (TPSA) is 57.6 Å². The van der Waals surface area contributed by atoms with Crippen molar-refractivity contribution in [3.8, 4) is 0 Å². The Hall–Kier alpha value is -1.32. The van der Waals surface area contributed by atoms with Gasteiger partial charge in [-0.25, -0.2) is 0 Å². The van der Waals surface area contributed by atoms with E-state index in [1.807, 2.05) is 11.0 Å². The van der Waals surface area contributed by atoms with Crippen LogP contribution in [0.4, 0.5) is 0 Å². The maximum Gasteiger partial charge on any atom is 0.303 e. The van der Waals surface area contributed by atoms with Crippen molar-refractivity contribution in [2.24, 2.45) is 5.92 Å². The molecule has 1 rings (SSSR count). The third kappa shape index (κ3) is 5.02. The molecule has 0 bridgehead atoms. The molecule has 0 aromatic rings. The molecule has 4 nitrogen and oxygen atoms in total. The van der Waals surface area contributed by atoms with Gasteiger partial charge in [-0.3, -0.25) is 9.59 Å². The van der Waals surface area contributed by atoms with Crippen LogP contribution in [0, 0.1) is 5.92 Å². The number of rotatable bonds is 8. The van der Waals surface area contributed by atoms with Gasteiger partial charge in [-0.1, -0.05) is 18.9 Å². The fourth-order valence-electron chi connectivity index (χ4n) is 2.11. The number of carbonyl (C=O) groups excluding carboxylic acids is 1. The number of carboxylic acid groups (broad SMARTS) is 1. The Morgan fingerprint density at radius 2 is 2.12 bits per heavy atom. The van der Waals surface area contributed by atoms with Crippen LogP contribution in [-0.2, 0) is 9.59 Å². The van der Waals surface area contributed by atoms with Crippen LogP contribution < -0.4 is 0 Å². The van der Waals surface area contributed by atoms with Gasteiger partial charge >= 0.3 is 5.97 Å². The summed E-state index contributed by atoms with van der Waals surface area (Å²) in [5.41, 5.74) is 0. The number of unbranched alkanes of at least 4 members (excludes halogenated alkanes) is 3. The van der Waals surface area contributed by atoms with Crippen LogP contribution in [0.25, 0.3) is 0 Å². The molecule has 17 heavy (non-hydrogen) atoms. The quantitative estimate of drug-likeness (QED) is 0.521. The monoisotopic (exact) mass is 239 g/mol. The Balaban J connectivity index is 2.05. The summed E-state index contributed by atoms with van der Waals surface area (Å²) in [5, 5.41) is 8.47. The average molecular weight is 239 g/mol. The highest BCUT2D eigenvalue weighted by Crippen LogP contribution is 2.19. The molecule has 1 fully saturated rings. The highest BCUT2D eigenvalue weighted by molar-refractivity contribution is 5.78. The minimum atomic E-state index is -0.728. The third-order valence-electron chi connectivity index (χ3n) is 3.15. The molecule has 4 heteroatoms. The fraction of sp³-hybridized carbons (Fsp3) is 0.692. The van der Waals surface area contributed by atoms with Crippen LogP contribution >= 0.6 is 0 Å². The second-order valence-corrected chi connectivity index (χ2v) is 4.60. The van der Waals surface area contributed by atoms with Crippen molar-refractivity contribution in [2.75, 3.05) is 13.1 Å². The Morgan fingerprint density at radius 3 is 2.71 bits per heavy atom. The number of likely N-dealkylation sites (tertiary alicyclic amines) is 1. The molecule has 0 saturated carbocycles. The molecule has 96 valence electrons. The molecule has 1 aliphatic heterocycles. The van der Waals surface area contributed by atoms with Crippen molar-refractivity contribution in [2.45, 2.75) is 38.5 Å². The second kappa shape index (κ2) is 7.09. The van der Waals surface area contributed by atoms with Crippen LogP contribution in [-0.4, -0.2) is 35.0 Å². The first-order valence-corrected chi connectivity index (χ1v) is 6.25. The summed E-state index contributed by atoms with van der Waals surface area (Å²) < 4.78 is 0. The van der Waals surface area contributed by atoms with E-state index in [9.17, 15) is 9.59 Å². The molecule has 1 atom stereocenters. The van der Waals surface area contributed by atoms with Gasteiger partial charge in [0.05, 0.1) is 0 Å². The summed E-state index contributed by atoms with van der Waals surface area (Å²) >= 11 is 0. The van der Waals surface area contributed by atoms with Gasteiger partial charge in [-0.05, 0) is 12.8 Å². The predicted molar refractivity (Wildman–Crippen MR) is 65.6 cm³/mol. The summed E-state index contributed by atoms with van der Waals surface area (Å²) in [7, 11) is 0. The number of carboxylic acids is 1. The Labute approximate surface area is 102 Å². The number of amides is 1. The normalized spacial score (nSPS) is 19.6. The minimum absolute atomic E-state index is 0.223. The summed E-state index contributed by atoms with van der Waals surface area (Å²) in [6.45, 7) is 5.32. The van der Waals surface area contributed by atoms with Gasteiger partial charge in [0.15, 0.2) is 0 Å². The van der Waals surface area contributed by atoms with Crippen LogP contribution in [0.3, 0.4) is 0 Å². The highest BCUT2D eigenvalue weighted by atomic mass is 16.4. The van der Waals surface area contributed by atoms with Crippen LogP contribution in [0.15, 0.2) is 12.7 Å². The van der Waals surface area contributed by atoms with Gasteiger partial charge in [0.1, 0.15) is 0 Å². The fourth-order valence-corrected chi connectivity index (χ4v) is 2.11. The lowest BCUT2D eigenvalue weighted by Gasteiger charge is -2.15. The second-order valence-electron chi connectivity index (χ2n) is 4.60. The number of nitrogens with zero attached hydrogens (tertiary/aromatic N) is 1. The molecule has 0 radical (unpaired) electrons. The van der Waals surface area contributed by atoms with E-state index in [0.717, 1.165) is 38.8 Å². The largest absolute Gasteiger partial charge is 0.481 e. The number of aliphatic carboxylic acids is 1. The van der Waals surface area contributed by atoms with Crippen molar-refractivity contribution in [3.05, 3.63) is 12.7 Å². The van der Waals surface area contributed by atoms with Crippen molar-refractivity contribution in [1.29, 1.82) is 0 Å². The van der Waals surface area contributed by atoms with Crippen molar-refractivity contribution >= 4 is 11.9 Å². The average Bonchev–Trinajstić information content (AvgIpc) is 2.64. The first-order chi connectivity index (χ1) is 8.13. The molecular formula is C13H21NO3. The first-order valence-electron chi connectivity index (χ1n) is 6.25. The highest BCUT2D eigenvalue weighted by Gasteiger charge is 2.26. The van der Waals surface area contributed by atoms with E-state index in [2.05, 4.69) is 6.58 Å². The number of hydrogen-bond donors (Lipinski definition) is 1. The molecule has 0 aromatic heterocycles. The lowest BCUT2D eigenvalue weighted by atomic mass is 10.1. The molecule has 1 unspecified atom stereocenters. The maximum atomic E-state index is 11.6. The lowest BCUT2D eigenvalue weighted by molar-refractivity contribution is -0.137. The van der Waals surface area contributed by atoms with E-state index in [1.54, 1.807) is 0 Å². The third-order valence-corrected chi connectivity index (χ3v) is 3.15. The molecule has 1 heterocycles. The van der Waals surface area contributed by atoms with Crippen molar-refractivity contribution in [3.63, 3.8) is 0 Å². The van der Waals surface area contributed by atoms with E-state index in [0.29, 0.717) is 12.3 Å². The standard InChI is InChI=1S/C13H21NO3/c1-2-11-9-12(15)14(10-11)8-6-4-3-5-7-13(16)17/h2,11H,1,3-10H2,(H,16,17). The summed E-state index contributed by atoms with van der Waals surface area (Å²) in [6, 6.07) is 0. The number of hydrogen-bond acceptors (Lipinski definition) is 2. The zero-order chi connectivity index (χ0) is 12.7. The van der Waals surface area contributed by atoms with E-state index in [-0.39, 0.29) is 12.3 Å². The molecule has 0 spiro atoms. The summed E-state index contributed by atoms with van der Waals surface area (Å²) in [5.74, 6) is -0.191. The SMILES string of the molecule is C=CC1CC(=O)N(CCCCCCC(=O)O)C1. The van der Waals surface area contributed by atoms with Crippen LogP contribution in [0.1, 0.15) is 38.5 Å². The Bertz CT molecular complexity index is 288. The molecule has 1 amide bonds. The van der Waals surface area contributed by atoms with E-state index in [1.165, 1.54) is 0 Å². The van der Waals surface area contributed by atoms with Gasteiger partial charge < -0.3 is 10.0 Å². The van der Waals surface area contributed by atoms with Crippen molar-refractivity contribution in [1.82, 2.24) is 4.90 Å². The van der Waals surface area contributed by atoms with Gasteiger partial charge in [-0.15, -0.1) is 6.58 Å². The van der Waals surface area contributed by atoms with E-state index in [4.69, 9.17) is 5.11 Å². The Morgan fingerprint density at radius 1 is 1.41 bits per heavy atom. The summed E-state index contributed by atoms with van der Waals surface area (Å²) in [6.07, 6.45) is 6.33. The van der Waals surface area contributed by atoms with Gasteiger partial charge in [0.25, 0.3) is 0 Å². The van der Waals surface area contributed by atoms with Gasteiger partial charge in [-0.2, -0.15) is 0 Å². The molecule has 1 aliphatic rings. The molecule has 0 aliphatic carbocycles. The Kier molecular flexibility index (Phi) is 5.73. The zero-order valence-corrected chi connectivity index (χ0v) is 10.2. The zero-order valence-electron chi connectivity index (χ0n) is 10.2. The van der Waals surface area contributed by atoms with E-state index >= 15 is 0 Å². The predicted octanol–water partition coefficient (Wildman–Crippen LogP) is 2.06. The van der Waals surface area contributed by atoms with Crippen molar-refractivity contribution < 1.29 is 14.7 Å². The molecule has 1 N–H and O–H groups in total. The molecule has 0 aromatic carbocycles. The molecular weight excluding hydrogens is 218 g/mol. The van der Waals surface area contributed by atoms with Crippen LogP contribution in [0.2, 0.25) is 0 Å². The minimum Gasteiger partial charge on any atom is -0.481 e. The first kappa shape index (κ1) is 13.7. The number of carbonyl (C=O) groups is 2. The van der Waals surface area contributed by atoms with E-state index < -0.39 is 5.97 Å². The molecule has 1 saturated heterocycles.